The van der Waals surface area contributed by atoms with Crippen LogP contribution in [0.3, 0.4) is 0 Å². The number of rotatable bonds is 12. The Labute approximate surface area is 196 Å². The van der Waals surface area contributed by atoms with E-state index in [0.29, 0.717) is 12.0 Å². The summed E-state index contributed by atoms with van der Waals surface area (Å²) in [7, 11) is 0. The Morgan fingerprint density at radius 3 is 2.65 bits per heavy atom. The smallest absolute Gasteiger partial charge is 0.266 e. The molecule has 0 unspecified atom stereocenters. The predicted molar refractivity (Wildman–Crippen MR) is 135 cm³/mol. The topological polar surface area (TPSA) is 58.2 Å². The summed E-state index contributed by atoms with van der Waals surface area (Å²) in [5.41, 5.74) is 9.22. The van der Waals surface area contributed by atoms with Crippen LogP contribution in [0.4, 0.5) is 0 Å². The van der Waals surface area contributed by atoms with Gasteiger partial charge in [-0.05, 0) is 58.7 Å². The lowest BCUT2D eigenvalue weighted by Gasteiger charge is -2.16. The standard InChI is InChI=1S/C24H26N2O2S3/c1-29-13-11-20(15-27)25-26-24(28)22-10-9-18(16-30-17-21-8-5-12-31-21)14-23(22)19-6-3-2-4-7-19/h2-10,12,14-15,20,25H,11,13,16-17H2,1H3,(H,26,28)/t20-/m1/s1. The van der Waals surface area contributed by atoms with Crippen LogP contribution in [-0.4, -0.2) is 30.2 Å². The average Bonchev–Trinajstić information content (AvgIpc) is 3.33. The number of nitrogens with one attached hydrogen (secondary N) is 2. The molecule has 1 heterocycles. The third-order valence-corrected chi connectivity index (χ3v) is 7.43. The molecule has 2 aromatic carbocycles. The molecule has 1 atom stereocenters. The number of carbonyl (C=O) groups is 2. The molecular weight excluding hydrogens is 444 g/mol. The number of hydrazine groups is 1. The van der Waals surface area contributed by atoms with Crippen molar-refractivity contribution >= 4 is 47.1 Å². The second kappa shape index (κ2) is 12.7. The summed E-state index contributed by atoms with van der Waals surface area (Å²) in [6.07, 6.45) is 3.49. The second-order valence-corrected chi connectivity index (χ2v) is 9.94. The largest absolute Gasteiger partial charge is 0.302 e. The zero-order chi connectivity index (χ0) is 21.9. The van der Waals surface area contributed by atoms with Gasteiger partial charge in [-0.2, -0.15) is 23.5 Å². The summed E-state index contributed by atoms with van der Waals surface area (Å²) >= 11 is 5.31. The zero-order valence-electron chi connectivity index (χ0n) is 17.4. The van der Waals surface area contributed by atoms with Gasteiger partial charge in [-0.1, -0.05) is 42.5 Å². The minimum atomic E-state index is -0.399. The summed E-state index contributed by atoms with van der Waals surface area (Å²) in [5.74, 6) is 2.46. The Morgan fingerprint density at radius 1 is 1.10 bits per heavy atom. The summed E-state index contributed by atoms with van der Waals surface area (Å²) in [4.78, 5) is 25.5. The maximum atomic E-state index is 12.9. The molecule has 7 heteroatoms. The lowest BCUT2D eigenvalue weighted by Crippen LogP contribution is -2.45. The maximum Gasteiger partial charge on any atom is 0.266 e. The van der Waals surface area contributed by atoms with Crippen LogP contribution in [0.25, 0.3) is 11.1 Å². The lowest BCUT2D eigenvalue weighted by atomic mass is 9.97. The zero-order valence-corrected chi connectivity index (χ0v) is 19.8. The normalized spacial score (nSPS) is 11.8. The average molecular weight is 471 g/mol. The minimum Gasteiger partial charge on any atom is -0.302 e. The first-order chi connectivity index (χ1) is 15.2. The summed E-state index contributed by atoms with van der Waals surface area (Å²) in [5, 5.41) is 2.10. The van der Waals surface area contributed by atoms with E-state index < -0.39 is 6.04 Å². The molecule has 0 spiro atoms. The molecule has 1 aromatic heterocycles. The molecule has 0 aliphatic carbocycles. The minimum absolute atomic E-state index is 0.243. The fourth-order valence-corrected chi connectivity index (χ4v) is 5.36. The first-order valence-corrected chi connectivity index (χ1v) is 13.4. The molecule has 31 heavy (non-hydrogen) atoms. The third-order valence-electron chi connectivity index (χ3n) is 4.67. The van der Waals surface area contributed by atoms with Crippen molar-refractivity contribution in [1.82, 2.24) is 10.9 Å². The van der Waals surface area contributed by atoms with Gasteiger partial charge < -0.3 is 4.79 Å². The van der Waals surface area contributed by atoms with Crippen LogP contribution in [0.2, 0.25) is 0 Å². The molecule has 2 N–H and O–H groups in total. The van der Waals surface area contributed by atoms with Crippen molar-refractivity contribution in [2.75, 3.05) is 12.0 Å². The number of thiophene rings is 1. The van der Waals surface area contributed by atoms with E-state index in [9.17, 15) is 9.59 Å². The molecular formula is C24H26N2O2S3. The van der Waals surface area contributed by atoms with Gasteiger partial charge in [-0.25, -0.2) is 5.43 Å². The predicted octanol–water partition coefficient (Wildman–Crippen LogP) is 5.40. The number of thioether (sulfide) groups is 2. The van der Waals surface area contributed by atoms with Crippen LogP contribution in [0.5, 0.6) is 0 Å². The van der Waals surface area contributed by atoms with Crippen LogP contribution in [-0.2, 0) is 16.3 Å². The van der Waals surface area contributed by atoms with E-state index in [4.69, 9.17) is 0 Å². The van der Waals surface area contributed by atoms with Gasteiger partial charge in [-0.15, -0.1) is 11.3 Å². The first kappa shape index (κ1) is 23.6. The van der Waals surface area contributed by atoms with E-state index in [0.717, 1.165) is 34.7 Å². The number of aldehydes is 1. The van der Waals surface area contributed by atoms with Gasteiger partial charge in [-0.3, -0.25) is 10.2 Å². The van der Waals surface area contributed by atoms with Gasteiger partial charge in [0.25, 0.3) is 5.91 Å². The highest BCUT2D eigenvalue weighted by atomic mass is 32.2. The van der Waals surface area contributed by atoms with Crippen LogP contribution in [0.1, 0.15) is 27.2 Å². The van der Waals surface area contributed by atoms with Crippen molar-refractivity contribution in [3.05, 3.63) is 82.0 Å². The van der Waals surface area contributed by atoms with E-state index in [2.05, 4.69) is 34.4 Å². The number of hydrogen-bond donors (Lipinski definition) is 2. The molecule has 3 aromatic rings. The monoisotopic (exact) mass is 470 g/mol. The molecule has 0 saturated carbocycles. The molecule has 0 aliphatic rings. The number of benzene rings is 2. The number of carbonyl (C=O) groups excluding carboxylic acids is 2. The Bertz CT molecular complexity index is 962. The molecule has 0 aliphatic heterocycles. The highest BCUT2D eigenvalue weighted by molar-refractivity contribution is 7.98. The summed E-state index contributed by atoms with van der Waals surface area (Å²) < 4.78 is 0. The van der Waals surface area contributed by atoms with Gasteiger partial charge in [0.2, 0.25) is 0 Å². The van der Waals surface area contributed by atoms with Crippen molar-refractivity contribution < 1.29 is 9.59 Å². The van der Waals surface area contributed by atoms with E-state index in [1.165, 1.54) is 10.4 Å². The molecule has 4 nitrogen and oxygen atoms in total. The lowest BCUT2D eigenvalue weighted by molar-refractivity contribution is -0.109. The van der Waals surface area contributed by atoms with E-state index in [1.54, 1.807) is 23.1 Å². The summed E-state index contributed by atoms with van der Waals surface area (Å²) in [6.45, 7) is 0. The van der Waals surface area contributed by atoms with Gasteiger partial charge in [0.05, 0.1) is 6.04 Å². The van der Waals surface area contributed by atoms with Crippen molar-refractivity contribution in [2.24, 2.45) is 0 Å². The molecule has 1 amide bonds. The van der Waals surface area contributed by atoms with Crippen LogP contribution < -0.4 is 10.9 Å². The molecule has 0 radical (unpaired) electrons. The second-order valence-electron chi connectivity index (χ2n) is 6.94. The van der Waals surface area contributed by atoms with Crippen LogP contribution in [0.15, 0.2) is 66.0 Å². The van der Waals surface area contributed by atoms with E-state index in [1.807, 2.05) is 60.5 Å². The highest BCUT2D eigenvalue weighted by Crippen LogP contribution is 2.28. The van der Waals surface area contributed by atoms with Crippen LogP contribution in [0, 0.1) is 0 Å². The maximum absolute atomic E-state index is 12.9. The molecule has 0 saturated heterocycles. The van der Waals surface area contributed by atoms with Gasteiger partial charge in [0, 0.05) is 21.9 Å². The van der Waals surface area contributed by atoms with Crippen molar-refractivity contribution in [1.29, 1.82) is 0 Å². The Balaban J connectivity index is 1.73. The van der Waals surface area contributed by atoms with Crippen molar-refractivity contribution in [3.63, 3.8) is 0 Å². The van der Waals surface area contributed by atoms with E-state index in [-0.39, 0.29) is 5.91 Å². The fraction of sp³-hybridized carbons (Fsp3) is 0.250. The summed E-state index contributed by atoms with van der Waals surface area (Å²) in [6, 6.07) is 19.7. The third kappa shape index (κ3) is 7.25. The number of hydrogen-bond acceptors (Lipinski definition) is 6. The van der Waals surface area contributed by atoms with Gasteiger partial charge >= 0.3 is 0 Å². The van der Waals surface area contributed by atoms with E-state index >= 15 is 0 Å². The highest BCUT2D eigenvalue weighted by Gasteiger charge is 2.15. The number of amides is 1. The first-order valence-electron chi connectivity index (χ1n) is 10.00. The molecule has 0 bridgehead atoms. The quantitative estimate of drug-likeness (QED) is 0.274. The Morgan fingerprint density at radius 2 is 1.94 bits per heavy atom. The molecule has 0 fully saturated rings. The van der Waals surface area contributed by atoms with Gasteiger partial charge in [0.1, 0.15) is 6.29 Å². The molecule has 162 valence electrons. The molecule has 3 rings (SSSR count). The Kier molecular flexibility index (Phi) is 9.68. The van der Waals surface area contributed by atoms with Crippen molar-refractivity contribution in [2.45, 2.75) is 24.0 Å². The van der Waals surface area contributed by atoms with Gasteiger partial charge in [0.15, 0.2) is 0 Å². The SMILES string of the molecule is CSCC[C@H](C=O)NNC(=O)c1ccc(CSCc2cccs2)cc1-c1ccccc1. The van der Waals surface area contributed by atoms with Crippen molar-refractivity contribution in [3.8, 4) is 11.1 Å². The van der Waals surface area contributed by atoms with Crippen LogP contribution >= 0.6 is 34.9 Å². The fourth-order valence-electron chi connectivity index (χ4n) is 3.04. The Hall–Kier alpha value is -2.06.